The molecule has 0 fully saturated rings. The van der Waals surface area contributed by atoms with E-state index in [2.05, 4.69) is 4.98 Å². The summed E-state index contributed by atoms with van der Waals surface area (Å²) >= 11 is 1.26. The van der Waals surface area contributed by atoms with E-state index in [0.29, 0.717) is 22.0 Å². The molecule has 4 nitrogen and oxygen atoms in total. The van der Waals surface area contributed by atoms with Gasteiger partial charge in [-0.1, -0.05) is 17.4 Å². The highest BCUT2D eigenvalue weighted by Gasteiger charge is 2.12. The molecule has 78 valence electrons. The zero-order valence-electron chi connectivity index (χ0n) is 8.06. The van der Waals surface area contributed by atoms with Gasteiger partial charge in [0.2, 0.25) is 0 Å². The molecule has 0 amide bonds. The number of hydrogen-bond acceptors (Lipinski definition) is 4. The molecule has 0 atom stereocenters. The van der Waals surface area contributed by atoms with E-state index in [1.807, 2.05) is 6.92 Å². The molecule has 0 spiro atoms. The van der Waals surface area contributed by atoms with Gasteiger partial charge in [0, 0.05) is 0 Å². The molecule has 5 heteroatoms. The number of hydrogen-bond donors (Lipinski definition) is 1. The average Bonchev–Trinajstić information content (AvgIpc) is 2.59. The first kappa shape index (κ1) is 9.92. The second-order valence-corrected chi connectivity index (χ2v) is 3.83. The van der Waals surface area contributed by atoms with Crippen molar-refractivity contribution < 1.29 is 14.6 Å². The molecular formula is C10H9NO3S. The largest absolute Gasteiger partial charge is 0.478 e. The molecule has 1 aromatic heterocycles. The van der Waals surface area contributed by atoms with Crippen LogP contribution in [0.2, 0.25) is 0 Å². The van der Waals surface area contributed by atoms with Crippen molar-refractivity contribution in [3.63, 3.8) is 0 Å². The third kappa shape index (κ3) is 1.78. The lowest BCUT2D eigenvalue weighted by molar-refractivity contribution is 0.0699. The smallest absolute Gasteiger partial charge is 0.337 e. The van der Waals surface area contributed by atoms with Gasteiger partial charge < -0.3 is 9.84 Å². The maximum atomic E-state index is 10.9. The Kier molecular flexibility index (Phi) is 2.55. The van der Waals surface area contributed by atoms with Crippen LogP contribution in [0.3, 0.4) is 0 Å². The standard InChI is InChI=1S/C10H9NO3S/c1-2-14-10-11-7-5-3-4-6(9(12)13)8(7)15-10/h3-5H,2H2,1H3,(H,12,13). The first-order valence-corrected chi connectivity index (χ1v) is 5.29. The molecule has 1 heterocycles. The van der Waals surface area contributed by atoms with Crippen molar-refractivity contribution in [2.75, 3.05) is 6.61 Å². The number of fused-ring (bicyclic) bond motifs is 1. The predicted octanol–water partition coefficient (Wildman–Crippen LogP) is 2.39. The molecule has 0 aliphatic carbocycles. The lowest BCUT2D eigenvalue weighted by atomic mass is 10.2. The Bertz CT molecular complexity index is 506. The van der Waals surface area contributed by atoms with Crippen LogP contribution in [0.25, 0.3) is 10.2 Å². The molecule has 0 aliphatic heterocycles. The summed E-state index contributed by atoms with van der Waals surface area (Å²) in [4.78, 5) is 15.1. The fourth-order valence-electron chi connectivity index (χ4n) is 1.28. The molecule has 0 saturated heterocycles. The first-order valence-electron chi connectivity index (χ1n) is 4.48. The van der Waals surface area contributed by atoms with Crippen LogP contribution in [0.1, 0.15) is 17.3 Å². The van der Waals surface area contributed by atoms with Gasteiger partial charge in [0.1, 0.15) is 0 Å². The molecule has 0 radical (unpaired) electrons. The van der Waals surface area contributed by atoms with E-state index < -0.39 is 5.97 Å². The fourth-order valence-corrected chi connectivity index (χ4v) is 2.26. The zero-order valence-corrected chi connectivity index (χ0v) is 8.87. The SMILES string of the molecule is CCOc1nc2cccc(C(=O)O)c2s1. The minimum atomic E-state index is -0.938. The number of carboxylic acids is 1. The number of aromatic nitrogens is 1. The summed E-state index contributed by atoms with van der Waals surface area (Å²) in [5.41, 5.74) is 0.944. The average molecular weight is 223 g/mol. The van der Waals surface area contributed by atoms with Crippen LogP contribution in [0.15, 0.2) is 18.2 Å². The lowest BCUT2D eigenvalue weighted by Crippen LogP contribution is -1.95. The molecule has 0 bridgehead atoms. The van der Waals surface area contributed by atoms with Crippen LogP contribution >= 0.6 is 11.3 Å². The molecule has 0 aliphatic rings. The third-order valence-electron chi connectivity index (χ3n) is 1.89. The molecule has 0 unspecified atom stereocenters. The minimum Gasteiger partial charge on any atom is -0.478 e. The van der Waals surface area contributed by atoms with E-state index in [-0.39, 0.29) is 5.56 Å². The molecule has 2 aromatic rings. The van der Waals surface area contributed by atoms with Crippen molar-refractivity contribution in [3.05, 3.63) is 23.8 Å². The van der Waals surface area contributed by atoms with Crippen molar-refractivity contribution in [2.24, 2.45) is 0 Å². The van der Waals surface area contributed by atoms with Crippen molar-refractivity contribution in [3.8, 4) is 5.19 Å². The van der Waals surface area contributed by atoms with E-state index in [0.717, 1.165) is 0 Å². The number of nitrogens with zero attached hydrogens (tertiary/aromatic N) is 1. The van der Waals surface area contributed by atoms with Gasteiger partial charge in [-0.15, -0.1) is 0 Å². The molecule has 1 aromatic carbocycles. The summed E-state index contributed by atoms with van der Waals surface area (Å²) in [6.45, 7) is 2.40. The molecule has 15 heavy (non-hydrogen) atoms. The maximum absolute atomic E-state index is 10.9. The topological polar surface area (TPSA) is 59.4 Å². The Labute approximate surface area is 90.1 Å². The van der Waals surface area contributed by atoms with Crippen LogP contribution in [0.5, 0.6) is 5.19 Å². The summed E-state index contributed by atoms with van der Waals surface area (Å²) in [7, 11) is 0. The number of aromatic carboxylic acids is 1. The zero-order chi connectivity index (χ0) is 10.8. The van der Waals surface area contributed by atoms with Crippen LogP contribution in [0.4, 0.5) is 0 Å². The quantitative estimate of drug-likeness (QED) is 0.867. The van der Waals surface area contributed by atoms with E-state index in [1.165, 1.54) is 11.3 Å². The predicted molar refractivity (Wildman–Crippen MR) is 57.7 cm³/mol. The van der Waals surface area contributed by atoms with Crippen LogP contribution in [0, 0.1) is 0 Å². The van der Waals surface area contributed by atoms with Crippen molar-refractivity contribution in [1.82, 2.24) is 4.98 Å². The number of thiazole rings is 1. The monoisotopic (exact) mass is 223 g/mol. The first-order chi connectivity index (χ1) is 7.22. The van der Waals surface area contributed by atoms with Crippen molar-refractivity contribution in [2.45, 2.75) is 6.92 Å². The summed E-state index contributed by atoms with van der Waals surface area (Å²) in [6, 6.07) is 5.03. The van der Waals surface area contributed by atoms with Gasteiger partial charge in [-0.3, -0.25) is 0 Å². The molecule has 2 rings (SSSR count). The molecular weight excluding hydrogens is 214 g/mol. The van der Waals surface area contributed by atoms with Crippen molar-refractivity contribution >= 4 is 27.5 Å². The minimum absolute atomic E-state index is 0.274. The number of benzene rings is 1. The van der Waals surface area contributed by atoms with Crippen LogP contribution < -0.4 is 4.74 Å². The van der Waals surface area contributed by atoms with Crippen LogP contribution in [-0.4, -0.2) is 22.7 Å². The normalized spacial score (nSPS) is 10.5. The molecule has 0 saturated carbocycles. The summed E-state index contributed by atoms with van der Waals surface area (Å²) in [5.74, 6) is -0.938. The van der Waals surface area contributed by atoms with E-state index in [1.54, 1.807) is 18.2 Å². The number of ether oxygens (including phenoxy) is 1. The second-order valence-electron chi connectivity index (χ2n) is 2.87. The number of carboxylic acid groups (broad SMARTS) is 1. The Balaban J connectivity index is 2.59. The summed E-state index contributed by atoms with van der Waals surface area (Å²) < 4.78 is 5.90. The highest BCUT2D eigenvalue weighted by atomic mass is 32.1. The number of carbonyl (C=O) groups is 1. The van der Waals surface area contributed by atoms with Crippen molar-refractivity contribution in [1.29, 1.82) is 0 Å². The van der Waals surface area contributed by atoms with Crippen LogP contribution in [-0.2, 0) is 0 Å². The number of rotatable bonds is 3. The van der Waals surface area contributed by atoms with Gasteiger partial charge in [0.25, 0.3) is 5.19 Å². The highest BCUT2D eigenvalue weighted by molar-refractivity contribution is 7.20. The molecule has 1 N–H and O–H groups in total. The highest BCUT2D eigenvalue weighted by Crippen LogP contribution is 2.30. The summed E-state index contributed by atoms with van der Waals surface area (Å²) in [5, 5.41) is 9.48. The fraction of sp³-hybridized carbons (Fsp3) is 0.200. The van der Waals surface area contributed by atoms with Gasteiger partial charge in [-0.05, 0) is 19.1 Å². The van der Waals surface area contributed by atoms with E-state index >= 15 is 0 Å². The van der Waals surface area contributed by atoms with E-state index in [4.69, 9.17) is 9.84 Å². The Hall–Kier alpha value is -1.62. The Morgan fingerprint density at radius 3 is 3.07 bits per heavy atom. The van der Waals surface area contributed by atoms with E-state index in [9.17, 15) is 4.79 Å². The Morgan fingerprint density at radius 1 is 1.60 bits per heavy atom. The van der Waals surface area contributed by atoms with Gasteiger partial charge in [0.05, 0.1) is 22.4 Å². The van der Waals surface area contributed by atoms with Gasteiger partial charge in [0.15, 0.2) is 0 Å². The van der Waals surface area contributed by atoms with Gasteiger partial charge >= 0.3 is 5.97 Å². The summed E-state index contributed by atoms with van der Waals surface area (Å²) in [6.07, 6.45) is 0. The Morgan fingerprint density at radius 2 is 2.40 bits per heavy atom. The van der Waals surface area contributed by atoms with Gasteiger partial charge in [-0.2, -0.15) is 0 Å². The third-order valence-corrected chi connectivity index (χ3v) is 2.91. The second kappa shape index (κ2) is 3.86. The maximum Gasteiger partial charge on any atom is 0.337 e. The lowest BCUT2D eigenvalue weighted by Gasteiger charge is -1.93. The van der Waals surface area contributed by atoms with Gasteiger partial charge in [-0.25, -0.2) is 9.78 Å².